The first-order chi connectivity index (χ1) is 13.7. The predicted molar refractivity (Wildman–Crippen MR) is 114 cm³/mol. The van der Waals surface area contributed by atoms with Crippen molar-refractivity contribution in [2.45, 2.75) is 6.04 Å². The average Bonchev–Trinajstić information content (AvgIpc) is 2.74. The SMILES string of the molecule is N#Cc1ccc(NC(=S)NC(c2ccccc2)c2ccc(N=[N+]=[N-])cc2)cc1. The molecule has 0 aliphatic rings. The zero-order chi connectivity index (χ0) is 19.8. The van der Waals surface area contributed by atoms with Gasteiger partial charge in [-0.05, 0) is 53.1 Å². The summed E-state index contributed by atoms with van der Waals surface area (Å²) >= 11 is 5.49. The van der Waals surface area contributed by atoms with E-state index >= 15 is 0 Å². The molecule has 6 nitrogen and oxygen atoms in total. The molecule has 2 N–H and O–H groups in total. The fourth-order valence-corrected chi connectivity index (χ4v) is 2.95. The van der Waals surface area contributed by atoms with Gasteiger partial charge in [-0.3, -0.25) is 0 Å². The van der Waals surface area contributed by atoms with Gasteiger partial charge in [0, 0.05) is 16.3 Å². The van der Waals surface area contributed by atoms with Crippen LogP contribution in [0.2, 0.25) is 0 Å². The van der Waals surface area contributed by atoms with Crippen LogP contribution in [0.4, 0.5) is 11.4 Å². The minimum atomic E-state index is -0.181. The monoisotopic (exact) mass is 384 g/mol. The van der Waals surface area contributed by atoms with Crippen molar-refractivity contribution in [3.63, 3.8) is 0 Å². The standard InChI is InChI=1S/C21H16N6S/c22-14-15-6-10-18(11-7-15)24-21(28)25-20(16-4-2-1-3-5-16)17-8-12-19(13-9-17)26-27-23/h1-13,20H,(H2,24,25,28). The van der Waals surface area contributed by atoms with Gasteiger partial charge >= 0.3 is 0 Å². The van der Waals surface area contributed by atoms with Crippen LogP contribution in [-0.4, -0.2) is 5.11 Å². The number of nitrogens with one attached hydrogen (secondary N) is 2. The van der Waals surface area contributed by atoms with Crippen molar-refractivity contribution < 1.29 is 0 Å². The summed E-state index contributed by atoms with van der Waals surface area (Å²) in [6.07, 6.45) is 0. The molecule has 0 amide bonds. The van der Waals surface area contributed by atoms with Gasteiger partial charge in [-0.25, -0.2) is 0 Å². The Morgan fingerprint density at radius 1 is 0.964 bits per heavy atom. The second-order valence-corrected chi connectivity index (χ2v) is 6.32. The highest BCUT2D eigenvalue weighted by atomic mass is 32.1. The van der Waals surface area contributed by atoms with Gasteiger partial charge in [0.1, 0.15) is 0 Å². The summed E-state index contributed by atoms with van der Waals surface area (Å²) < 4.78 is 0. The highest BCUT2D eigenvalue weighted by Crippen LogP contribution is 2.24. The summed E-state index contributed by atoms with van der Waals surface area (Å²) in [6, 6.07) is 26.2. The first-order valence-electron chi connectivity index (χ1n) is 8.47. The Morgan fingerprint density at radius 3 is 2.21 bits per heavy atom. The number of benzene rings is 3. The van der Waals surface area contributed by atoms with E-state index in [4.69, 9.17) is 23.0 Å². The van der Waals surface area contributed by atoms with Gasteiger partial charge in [0.25, 0.3) is 0 Å². The van der Waals surface area contributed by atoms with Gasteiger partial charge in [0.05, 0.1) is 17.7 Å². The molecular formula is C21H16N6S. The topological polar surface area (TPSA) is 96.6 Å². The molecule has 0 aromatic heterocycles. The zero-order valence-electron chi connectivity index (χ0n) is 14.8. The maximum Gasteiger partial charge on any atom is 0.171 e. The number of azide groups is 1. The third-order valence-electron chi connectivity index (χ3n) is 4.07. The zero-order valence-corrected chi connectivity index (χ0v) is 15.6. The van der Waals surface area contributed by atoms with Crippen LogP contribution in [-0.2, 0) is 0 Å². The molecule has 0 aliphatic heterocycles. The molecule has 0 radical (unpaired) electrons. The number of nitrogens with zero attached hydrogens (tertiary/aromatic N) is 4. The van der Waals surface area contributed by atoms with E-state index in [-0.39, 0.29) is 6.04 Å². The lowest BCUT2D eigenvalue weighted by atomic mass is 9.98. The molecule has 7 heteroatoms. The van der Waals surface area contributed by atoms with E-state index in [0.29, 0.717) is 16.4 Å². The van der Waals surface area contributed by atoms with Gasteiger partial charge in [-0.15, -0.1) is 0 Å². The lowest BCUT2D eigenvalue weighted by Gasteiger charge is -2.22. The minimum absolute atomic E-state index is 0.181. The maximum absolute atomic E-state index is 8.90. The molecule has 0 bridgehead atoms. The molecule has 0 fully saturated rings. The second kappa shape index (κ2) is 9.19. The molecular weight excluding hydrogens is 368 g/mol. The summed E-state index contributed by atoms with van der Waals surface area (Å²) in [4.78, 5) is 2.80. The van der Waals surface area contributed by atoms with E-state index in [1.54, 1.807) is 36.4 Å². The Bertz CT molecular complexity index is 1030. The predicted octanol–water partition coefficient (Wildman–Crippen LogP) is 5.58. The van der Waals surface area contributed by atoms with E-state index in [2.05, 4.69) is 26.7 Å². The highest BCUT2D eigenvalue weighted by Gasteiger charge is 2.15. The quantitative estimate of drug-likeness (QED) is 0.260. The third kappa shape index (κ3) is 4.86. The van der Waals surface area contributed by atoms with Crippen LogP contribution in [0, 0.1) is 11.3 Å². The molecule has 136 valence electrons. The molecule has 1 unspecified atom stereocenters. The lowest BCUT2D eigenvalue weighted by Crippen LogP contribution is -2.33. The van der Waals surface area contributed by atoms with Crippen molar-refractivity contribution in [3.05, 3.63) is 106 Å². The average molecular weight is 384 g/mol. The molecule has 0 saturated carbocycles. The Morgan fingerprint density at radius 2 is 1.61 bits per heavy atom. The Hall–Kier alpha value is -3.85. The molecule has 1 atom stereocenters. The molecule has 0 saturated heterocycles. The molecule has 3 aromatic rings. The van der Waals surface area contributed by atoms with E-state index in [9.17, 15) is 0 Å². The fourth-order valence-electron chi connectivity index (χ4n) is 2.72. The number of anilines is 1. The maximum atomic E-state index is 8.90. The van der Waals surface area contributed by atoms with Crippen molar-refractivity contribution in [2.75, 3.05) is 5.32 Å². The molecule has 3 rings (SSSR count). The van der Waals surface area contributed by atoms with Crippen molar-refractivity contribution in [3.8, 4) is 6.07 Å². The van der Waals surface area contributed by atoms with Gasteiger partial charge in [-0.1, -0.05) is 59.7 Å². The molecule has 3 aromatic carbocycles. The summed E-state index contributed by atoms with van der Waals surface area (Å²) in [5.41, 5.74) is 12.5. The number of hydrogen-bond donors (Lipinski definition) is 2. The van der Waals surface area contributed by atoms with Crippen LogP contribution >= 0.6 is 12.2 Å². The number of nitriles is 1. The van der Waals surface area contributed by atoms with E-state index in [0.717, 1.165) is 16.8 Å². The minimum Gasteiger partial charge on any atom is -0.352 e. The molecule has 0 spiro atoms. The van der Waals surface area contributed by atoms with Gasteiger partial charge in [-0.2, -0.15) is 5.26 Å². The van der Waals surface area contributed by atoms with Crippen LogP contribution in [0.5, 0.6) is 0 Å². The molecule has 0 aliphatic carbocycles. The van der Waals surface area contributed by atoms with Gasteiger partial charge in [0.2, 0.25) is 0 Å². The van der Waals surface area contributed by atoms with Crippen LogP contribution in [0.15, 0.2) is 84.0 Å². The second-order valence-electron chi connectivity index (χ2n) is 5.91. The molecule has 28 heavy (non-hydrogen) atoms. The van der Waals surface area contributed by atoms with Crippen LogP contribution in [0.3, 0.4) is 0 Å². The van der Waals surface area contributed by atoms with Crippen LogP contribution in [0.25, 0.3) is 10.4 Å². The van der Waals surface area contributed by atoms with Gasteiger partial charge < -0.3 is 10.6 Å². The van der Waals surface area contributed by atoms with E-state index < -0.39 is 0 Å². The Labute approximate surface area is 168 Å². The first kappa shape index (κ1) is 18.9. The van der Waals surface area contributed by atoms with Crippen molar-refractivity contribution in [1.29, 1.82) is 5.26 Å². The normalized spacial score (nSPS) is 10.8. The lowest BCUT2D eigenvalue weighted by molar-refractivity contribution is 0.769. The summed E-state index contributed by atoms with van der Waals surface area (Å²) in [5.74, 6) is 0. The smallest absolute Gasteiger partial charge is 0.171 e. The summed E-state index contributed by atoms with van der Waals surface area (Å²) in [5, 5.41) is 19.4. The van der Waals surface area contributed by atoms with Gasteiger partial charge in [0.15, 0.2) is 5.11 Å². The largest absolute Gasteiger partial charge is 0.352 e. The first-order valence-corrected chi connectivity index (χ1v) is 8.88. The van der Waals surface area contributed by atoms with Crippen LogP contribution in [0.1, 0.15) is 22.7 Å². The molecule has 0 heterocycles. The van der Waals surface area contributed by atoms with Crippen LogP contribution < -0.4 is 10.6 Å². The fraction of sp³-hybridized carbons (Fsp3) is 0.0476. The van der Waals surface area contributed by atoms with Crippen molar-refractivity contribution >= 4 is 28.7 Å². The summed E-state index contributed by atoms with van der Waals surface area (Å²) in [7, 11) is 0. The van der Waals surface area contributed by atoms with Crippen molar-refractivity contribution in [1.82, 2.24) is 5.32 Å². The Kier molecular flexibility index (Phi) is 6.21. The number of thiocarbonyl (C=S) groups is 1. The van der Waals surface area contributed by atoms with Crippen molar-refractivity contribution in [2.24, 2.45) is 5.11 Å². The van der Waals surface area contributed by atoms with E-state index in [1.165, 1.54) is 0 Å². The van der Waals surface area contributed by atoms with E-state index in [1.807, 2.05) is 42.5 Å². The Balaban J connectivity index is 1.81. The number of rotatable bonds is 5. The highest BCUT2D eigenvalue weighted by molar-refractivity contribution is 7.80. The number of hydrogen-bond acceptors (Lipinski definition) is 3. The third-order valence-corrected chi connectivity index (χ3v) is 4.29. The summed E-state index contributed by atoms with van der Waals surface area (Å²) in [6.45, 7) is 0.